The third kappa shape index (κ3) is 4.72. The van der Waals surface area contributed by atoms with E-state index < -0.39 is 12.5 Å². The summed E-state index contributed by atoms with van der Waals surface area (Å²) in [5, 5.41) is 3.54. The van der Waals surface area contributed by atoms with Gasteiger partial charge in [0.25, 0.3) is 0 Å². The Labute approximate surface area is 190 Å². The van der Waals surface area contributed by atoms with E-state index in [1.54, 1.807) is 23.1 Å². The number of rotatable bonds is 7. The number of piperidine rings is 1. The van der Waals surface area contributed by atoms with E-state index in [9.17, 15) is 13.6 Å². The summed E-state index contributed by atoms with van der Waals surface area (Å²) in [7, 11) is 1.54. The minimum atomic E-state index is -0.904. The molecule has 1 aliphatic rings. The minimum Gasteiger partial charge on any atom is -0.493 e. The molecule has 2 aromatic carbocycles. The third-order valence-corrected chi connectivity index (χ3v) is 5.62. The predicted octanol–water partition coefficient (Wildman–Crippen LogP) is 4.55. The summed E-state index contributed by atoms with van der Waals surface area (Å²) in [5.41, 5.74) is 0.651. The van der Waals surface area contributed by atoms with Crippen molar-refractivity contribution in [2.24, 2.45) is 0 Å². The number of benzene rings is 2. The molecule has 4 rings (SSSR count). The number of carbonyl (C=O) groups is 1. The van der Waals surface area contributed by atoms with Gasteiger partial charge in [-0.1, -0.05) is 18.7 Å². The van der Waals surface area contributed by atoms with Crippen LogP contribution in [0.4, 0.5) is 20.3 Å². The third-order valence-electron chi connectivity index (χ3n) is 5.62. The van der Waals surface area contributed by atoms with Gasteiger partial charge in [0.05, 0.1) is 18.3 Å². The number of likely N-dealkylation sites (tertiary alicyclic amines) is 1. The van der Waals surface area contributed by atoms with Crippen LogP contribution in [0, 0.1) is 5.82 Å². The second kappa shape index (κ2) is 9.81. The maximum atomic E-state index is 14.6. The number of halogens is 2. The summed E-state index contributed by atoms with van der Waals surface area (Å²) in [6.45, 7) is 3.77. The Kier molecular flexibility index (Phi) is 6.67. The van der Waals surface area contributed by atoms with E-state index in [1.165, 1.54) is 31.6 Å². The maximum absolute atomic E-state index is 14.6. The van der Waals surface area contributed by atoms with Crippen molar-refractivity contribution in [1.82, 2.24) is 14.9 Å². The largest absolute Gasteiger partial charge is 0.493 e. The first-order valence-corrected chi connectivity index (χ1v) is 10.5. The smallest absolute Gasteiger partial charge is 0.245 e. The molecule has 0 aliphatic carbocycles. The van der Waals surface area contributed by atoms with E-state index in [2.05, 4.69) is 21.9 Å². The highest BCUT2D eigenvalue weighted by Crippen LogP contribution is 2.36. The quantitative estimate of drug-likeness (QED) is 0.528. The molecule has 0 bridgehead atoms. The van der Waals surface area contributed by atoms with Gasteiger partial charge in [-0.15, -0.1) is 0 Å². The van der Waals surface area contributed by atoms with E-state index in [-0.39, 0.29) is 23.3 Å². The number of alkyl halides is 1. The average Bonchev–Trinajstić information content (AvgIpc) is 2.85. The van der Waals surface area contributed by atoms with Gasteiger partial charge in [-0.2, -0.15) is 0 Å². The Morgan fingerprint density at radius 2 is 2.06 bits per heavy atom. The van der Waals surface area contributed by atoms with Gasteiger partial charge in [-0.05, 0) is 18.2 Å². The van der Waals surface area contributed by atoms with Crippen LogP contribution in [0.5, 0.6) is 11.5 Å². The minimum absolute atomic E-state index is 0.0367. The molecule has 2 heterocycles. The number of carbonyl (C=O) groups excluding carboxylic acids is 1. The summed E-state index contributed by atoms with van der Waals surface area (Å²) in [6, 6.07) is 7.95. The Bertz CT molecular complexity index is 1180. The first-order valence-electron chi connectivity index (χ1n) is 10.5. The fourth-order valence-electron chi connectivity index (χ4n) is 3.83. The van der Waals surface area contributed by atoms with Crippen LogP contribution < -0.4 is 14.8 Å². The van der Waals surface area contributed by atoms with E-state index in [0.29, 0.717) is 54.2 Å². The number of fused-ring (bicyclic) bond motifs is 1. The molecule has 0 saturated carbocycles. The lowest BCUT2D eigenvalue weighted by Gasteiger charge is -2.31. The number of nitrogens with zero attached hydrogens (tertiary/aromatic N) is 3. The molecule has 7 nitrogen and oxygen atoms in total. The number of methoxy groups -OCH3 is 1. The SMILES string of the molecule is C=CC(=O)N1CCC(Oc2cc3c(Nc4cccc(CF)c4F)ncnc3cc2OC)CC1. The van der Waals surface area contributed by atoms with Gasteiger partial charge in [-0.3, -0.25) is 4.79 Å². The first-order chi connectivity index (χ1) is 16.0. The summed E-state index contributed by atoms with van der Waals surface area (Å²) in [6.07, 6.45) is 3.89. The van der Waals surface area contributed by atoms with Crippen LogP contribution in [-0.4, -0.2) is 47.1 Å². The molecular formula is C24H24F2N4O3. The molecule has 1 saturated heterocycles. The fourth-order valence-corrected chi connectivity index (χ4v) is 3.83. The molecule has 1 fully saturated rings. The maximum Gasteiger partial charge on any atom is 0.245 e. The van der Waals surface area contributed by atoms with Crippen LogP contribution in [0.3, 0.4) is 0 Å². The van der Waals surface area contributed by atoms with E-state index in [0.717, 1.165) is 0 Å². The number of amides is 1. The molecule has 0 unspecified atom stereocenters. The molecule has 33 heavy (non-hydrogen) atoms. The fraction of sp³-hybridized carbons (Fsp3) is 0.292. The number of aromatic nitrogens is 2. The number of hydrogen-bond acceptors (Lipinski definition) is 6. The van der Waals surface area contributed by atoms with Crippen LogP contribution in [0.1, 0.15) is 18.4 Å². The molecule has 3 aromatic rings. The normalized spacial score (nSPS) is 14.2. The highest BCUT2D eigenvalue weighted by molar-refractivity contribution is 5.93. The number of nitrogens with one attached hydrogen (secondary N) is 1. The summed E-state index contributed by atoms with van der Waals surface area (Å²) in [5.74, 6) is 0.594. The monoisotopic (exact) mass is 454 g/mol. The van der Waals surface area contributed by atoms with Crippen LogP contribution in [0.15, 0.2) is 49.3 Å². The zero-order valence-corrected chi connectivity index (χ0v) is 18.2. The van der Waals surface area contributed by atoms with Crippen molar-refractivity contribution >= 4 is 28.3 Å². The van der Waals surface area contributed by atoms with Crippen molar-refractivity contribution in [3.8, 4) is 11.5 Å². The van der Waals surface area contributed by atoms with Crippen molar-refractivity contribution in [2.75, 3.05) is 25.5 Å². The molecule has 1 aromatic heterocycles. The topological polar surface area (TPSA) is 76.6 Å². The van der Waals surface area contributed by atoms with Gasteiger partial charge < -0.3 is 19.7 Å². The molecule has 1 aliphatic heterocycles. The van der Waals surface area contributed by atoms with Crippen molar-refractivity contribution < 1.29 is 23.0 Å². The lowest BCUT2D eigenvalue weighted by molar-refractivity contribution is -0.127. The van der Waals surface area contributed by atoms with Crippen molar-refractivity contribution in [3.05, 3.63) is 60.7 Å². The molecule has 9 heteroatoms. The first kappa shape index (κ1) is 22.4. The van der Waals surface area contributed by atoms with E-state index >= 15 is 0 Å². The summed E-state index contributed by atoms with van der Waals surface area (Å²) >= 11 is 0. The van der Waals surface area contributed by atoms with Crippen LogP contribution >= 0.6 is 0 Å². The zero-order valence-electron chi connectivity index (χ0n) is 18.2. The van der Waals surface area contributed by atoms with E-state index in [4.69, 9.17) is 9.47 Å². The average molecular weight is 454 g/mol. The van der Waals surface area contributed by atoms with Gasteiger partial charge in [0.15, 0.2) is 17.3 Å². The lowest BCUT2D eigenvalue weighted by atomic mass is 10.1. The summed E-state index contributed by atoms with van der Waals surface area (Å²) in [4.78, 5) is 22.1. The lowest BCUT2D eigenvalue weighted by Crippen LogP contribution is -2.41. The molecule has 0 atom stereocenters. The van der Waals surface area contributed by atoms with Gasteiger partial charge in [0.2, 0.25) is 5.91 Å². The van der Waals surface area contributed by atoms with Gasteiger partial charge in [0, 0.05) is 42.9 Å². The second-order valence-corrected chi connectivity index (χ2v) is 7.63. The van der Waals surface area contributed by atoms with Crippen LogP contribution in [0.2, 0.25) is 0 Å². The Balaban J connectivity index is 1.62. The molecular weight excluding hydrogens is 430 g/mol. The van der Waals surface area contributed by atoms with Gasteiger partial charge >= 0.3 is 0 Å². The second-order valence-electron chi connectivity index (χ2n) is 7.63. The highest BCUT2D eigenvalue weighted by atomic mass is 19.1. The standard InChI is InChI=1S/C24H24F2N4O3/c1-3-22(31)30-9-7-16(8-10-30)33-21-11-17-19(12-20(21)32-2)27-14-28-24(17)29-18-6-4-5-15(13-25)23(18)26/h3-6,11-12,14,16H,1,7-10,13H2,2H3,(H,27,28,29). The Morgan fingerprint density at radius 1 is 1.27 bits per heavy atom. The summed E-state index contributed by atoms with van der Waals surface area (Å²) < 4.78 is 39.3. The van der Waals surface area contributed by atoms with E-state index in [1.807, 2.05) is 0 Å². The molecule has 0 spiro atoms. The Morgan fingerprint density at radius 3 is 2.76 bits per heavy atom. The number of hydrogen-bond donors (Lipinski definition) is 1. The van der Waals surface area contributed by atoms with Crippen molar-refractivity contribution in [2.45, 2.75) is 25.6 Å². The molecule has 0 radical (unpaired) electrons. The highest BCUT2D eigenvalue weighted by Gasteiger charge is 2.24. The number of anilines is 2. The van der Waals surface area contributed by atoms with Crippen molar-refractivity contribution in [1.29, 1.82) is 0 Å². The number of ether oxygens (including phenoxy) is 2. The molecule has 1 amide bonds. The Hall–Kier alpha value is -3.75. The van der Waals surface area contributed by atoms with Gasteiger partial charge in [-0.25, -0.2) is 18.7 Å². The van der Waals surface area contributed by atoms with Crippen molar-refractivity contribution in [3.63, 3.8) is 0 Å². The van der Waals surface area contributed by atoms with Crippen LogP contribution in [0.25, 0.3) is 10.9 Å². The predicted molar refractivity (Wildman–Crippen MR) is 121 cm³/mol. The molecule has 1 N–H and O–H groups in total. The molecule has 172 valence electrons. The van der Waals surface area contributed by atoms with Gasteiger partial charge in [0.1, 0.15) is 24.9 Å². The van der Waals surface area contributed by atoms with Crippen LogP contribution in [-0.2, 0) is 11.5 Å². The zero-order chi connectivity index (χ0) is 23.4.